The van der Waals surface area contributed by atoms with Crippen LogP contribution in [0.3, 0.4) is 0 Å². The Balaban J connectivity index is 1.86. The fourth-order valence-corrected chi connectivity index (χ4v) is 3.22. The highest BCUT2D eigenvalue weighted by Gasteiger charge is 2.15. The second-order valence-electron chi connectivity index (χ2n) is 5.08. The molecule has 0 bridgehead atoms. The van der Waals surface area contributed by atoms with Crippen molar-refractivity contribution in [1.29, 1.82) is 0 Å². The van der Waals surface area contributed by atoms with Gasteiger partial charge in [-0.15, -0.1) is 0 Å². The Bertz CT molecular complexity index is 778. The summed E-state index contributed by atoms with van der Waals surface area (Å²) in [6, 6.07) is 7.13. The summed E-state index contributed by atoms with van der Waals surface area (Å²) in [6.45, 7) is 2.12. The Kier molecular flexibility index (Phi) is 6.56. The highest BCUT2D eigenvalue weighted by atomic mass is 32.2. The van der Waals surface area contributed by atoms with Gasteiger partial charge in [0.2, 0.25) is 5.91 Å². The zero-order valence-corrected chi connectivity index (χ0v) is 14.9. The molecule has 0 spiro atoms. The van der Waals surface area contributed by atoms with Crippen LogP contribution in [0.25, 0.3) is 0 Å². The molecule has 0 fully saturated rings. The van der Waals surface area contributed by atoms with Crippen LogP contribution in [0.1, 0.15) is 18.4 Å². The van der Waals surface area contributed by atoms with Crippen LogP contribution in [0.5, 0.6) is 0 Å². The number of nitrogens with zero attached hydrogens (tertiary/aromatic N) is 3. The van der Waals surface area contributed by atoms with Gasteiger partial charge in [-0.1, -0.05) is 17.7 Å². The van der Waals surface area contributed by atoms with E-state index in [2.05, 4.69) is 10.3 Å². The number of benzene rings is 1. The molecule has 9 nitrogen and oxygen atoms in total. The van der Waals surface area contributed by atoms with Gasteiger partial charge < -0.3 is 5.32 Å². The Hall–Kier alpha value is -2.37. The van der Waals surface area contributed by atoms with Gasteiger partial charge in [-0.25, -0.2) is 9.19 Å². The van der Waals surface area contributed by atoms with Crippen molar-refractivity contribution in [2.75, 3.05) is 16.2 Å². The van der Waals surface area contributed by atoms with E-state index in [0.717, 1.165) is 23.1 Å². The molecule has 1 amide bonds. The second kappa shape index (κ2) is 8.65. The lowest BCUT2D eigenvalue weighted by Crippen LogP contribution is -2.27. The summed E-state index contributed by atoms with van der Waals surface area (Å²) in [4.78, 5) is 25.6. The van der Waals surface area contributed by atoms with Gasteiger partial charge in [-0.05, 0) is 36.8 Å². The fourth-order valence-electron chi connectivity index (χ4n) is 1.98. The average molecular weight is 384 g/mol. The molecule has 134 valence electrons. The van der Waals surface area contributed by atoms with E-state index in [1.807, 2.05) is 19.1 Å². The van der Waals surface area contributed by atoms with E-state index in [0.29, 0.717) is 12.1 Å². The summed E-state index contributed by atoms with van der Waals surface area (Å²) in [5.41, 5.74) is 1.62. The Morgan fingerprint density at radius 3 is 2.68 bits per heavy atom. The number of thiazole rings is 1. The number of aryl methyl sites for hydroxylation is 1. The van der Waals surface area contributed by atoms with Crippen LogP contribution >= 0.6 is 11.3 Å². The van der Waals surface area contributed by atoms with Crippen LogP contribution in [-0.2, 0) is 16.1 Å². The van der Waals surface area contributed by atoms with Gasteiger partial charge in [0, 0.05) is 13.0 Å². The number of anilines is 2. The Morgan fingerprint density at radius 2 is 2.12 bits per heavy atom. The molecule has 0 aliphatic rings. The van der Waals surface area contributed by atoms with Crippen molar-refractivity contribution in [2.45, 2.75) is 19.8 Å². The number of rotatable bonds is 8. The molecule has 1 aromatic heterocycles. The first kappa shape index (κ1) is 19.0. The second-order valence-corrected chi connectivity index (χ2v) is 6.99. The summed E-state index contributed by atoms with van der Waals surface area (Å²) in [6.07, 6.45) is 1.50. The number of hydrogen-bond acceptors (Lipinski definition) is 6. The van der Waals surface area contributed by atoms with Gasteiger partial charge >= 0.3 is 5.00 Å². The maximum atomic E-state index is 11.9. The molecule has 0 saturated heterocycles. The monoisotopic (exact) mass is 384 g/mol. The third kappa shape index (κ3) is 5.59. The number of carbonyl (C=O) groups excluding carboxylic acids is 1. The summed E-state index contributed by atoms with van der Waals surface area (Å²) in [7, 11) is 0. The molecule has 0 aliphatic carbocycles. The van der Waals surface area contributed by atoms with E-state index < -0.39 is 16.2 Å². The minimum absolute atomic E-state index is 0.0902. The topological polar surface area (TPSA) is 126 Å². The molecule has 1 unspecified atom stereocenters. The number of nitro groups is 1. The minimum Gasteiger partial charge on any atom is -0.302 e. The highest BCUT2D eigenvalue weighted by Crippen LogP contribution is 2.25. The minimum atomic E-state index is -2.20. The van der Waals surface area contributed by atoms with E-state index in [4.69, 9.17) is 0 Å². The van der Waals surface area contributed by atoms with Gasteiger partial charge in [-0.2, -0.15) is 0 Å². The van der Waals surface area contributed by atoms with Gasteiger partial charge in [0.05, 0.1) is 10.6 Å². The fraction of sp³-hybridized carbons (Fsp3) is 0.286. The van der Waals surface area contributed by atoms with Crippen LogP contribution in [-0.4, -0.2) is 31.1 Å². The third-order valence-electron chi connectivity index (χ3n) is 3.20. The lowest BCUT2D eigenvalue weighted by atomic mass is 10.2. The average Bonchev–Trinajstić information content (AvgIpc) is 3.01. The number of aromatic nitrogens is 1. The third-order valence-corrected chi connectivity index (χ3v) is 4.83. The van der Waals surface area contributed by atoms with E-state index in [-0.39, 0.29) is 29.0 Å². The molecule has 11 heteroatoms. The predicted octanol–water partition coefficient (Wildman–Crippen LogP) is 2.72. The molecule has 0 radical (unpaired) electrons. The Labute approximate surface area is 150 Å². The number of hydrogen-bond donors (Lipinski definition) is 2. The molecule has 25 heavy (non-hydrogen) atoms. The van der Waals surface area contributed by atoms with E-state index >= 15 is 0 Å². The quantitative estimate of drug-likeness (QED) is 0.409. The van der Waals surface area contributed by atoms with Crippen molar-refractivity contribution in [2.24, 2.45) is 0 Å². The first-order chi connectivity index (χ1) is 11.9. The van der Waals surface area contributed by atoms with Crippen molar-refractivity contribution in [3.63, 3.8) is 0 Å². The van der Waals surface area contributed by atoms with Crippen LogP contribution in [0, 0.1) is 17.0 Å². The maximum absolute atomic E-state index is 11.9. The van der Waals surface area contributed by atoms with Crippen molar-refractivity contribution < 1.29 is 18.5 Å². The molecule has 1 heterocycles. The van der Waals surface area contributed by atoms with Crippen LogP contribution in [0.4, 0.5) is 15.8 Å². The number of amides is 1. The molecule has 2 N–H and O–H groups in total. The zero-order valence-electron chi connectivity index (χ0n) is 13.2. The molecular formula is C14H16N4O5S2. The van der Waals surface area contributed by atoms with E-state index in [9.17, 15) is 23.7 Å². The Morgan fingerprint density at radius 1 is 1.44 bits per heavy atom. The van der Waals surface area contributed by atoms with E-state index in [1.165, 1.54) is 4.31 Å². The SMILES string of the molecule is Cc1ccc(N(CCCC(=O)Nc2ncc([N+](=O)[O-])s2)S(=O)O)cc1. The molecule has 2 aromatic rings. The first-order valence-corrected chi connectivity index (χ1v) is 9.10. The lowest BCUT2D eigenvalue weighted by Gasteiger charge is -2.19. The first-order valence-electron chi connectivity index (χ1n) is 7.22. The zero-order chi connectivity index (χ0) is 18.4. The van der Waals surface area contributed by atoms with Gasteiger partial charge in [0.25, 0.3) is 11.3 Å². The van der Waals surface area contributed by atoms with E-state index in [1.54, 1.807) is 12.1 Å². The standard InChI is InChI=1S/C14H16N4O5S2/c1-10-4-6-11(7-5-10)17(25(22)23)8-2-3-12(19)16-14-15-9-13(24-14)18(20)21/h4-7,9H,2-3,8H2,1H3,(H,22,23)(H,15,16,19). The highest BCUT2D eigenvalue weighted by molar-refractivity contribution is 7.80. The van der Waals surface area contributed by atoms with Crippen LogP contribution in [0.2, 0.25) is 0 Å². The smallest absolute Gasteiger partial charge is 0.302 e. The molecule has 1 aromatic carbocycles. The van der Waals surface area contributed by atoms with Crippen molar-refractivity contribution in [3.05, 3.63) is 46.1 Å². The van der Waals surface area contributed by atoms with Gasteiger partial charge in [0.15, 0.2) is 5.13 Å². The summed E-state index contributed by atoms with van der Waals surface area (Å²) in [5, 5.41) is 13.0. The molecular weight excluding hydrogens is 368 g/mol. The lowest BCUT2D eigenvalue weighted by molar-refractivity contribution is -0.380. The van der Waals surface area contributed by atoms with Gasteiger partial charge in [0.1, 0.15) is 6.20 Å². The van der Waals surface area contributed by atoms with Gasteiger partial charge in [-0.3, -0.25) is 23.8 Å². The van der Waals surface area contributed by atoms with Crippen molar-refractivity contribution in [1.82, 2.24) is 4.98 Å². The number of carbonyl (C=O) groups is 1. The maximum Gasteiger partial charge on any atom is 0.345 e. The molecule has 1 atom stereocenters. The molecule has 2 rings (SSSR count). The summed E-state index contributed by atoms with van der Waals surface area (Å²) < 4.78 is 22.2. The van der Waals surface area contributed by atoms with Crippen molar-refractivity contribution >= 4 is 44.3 Å². The summed E-state index contributed by atoms with van der Waals surface area (Å²) in [5.74, 6) is -0.364. The van der Waals surface area contributed by atoms with Crippen LogP contribution < -0.4 is 9.62 Å². The predicted molar refractivity (Wildman–Crippen MR) is 95.9 cm³/mol. The number of nitrogens with one attached hydrogen (secondary N) is 1. The van der Waals surface area contributed by atoms with Crippen molar-refractivity contribution in [3.8, 4) is 0 Å². The largest absolute Gasteiger partial charge is 0.345 e. The van der Waals surface area contributed by atoms with Crippen LogP contribution in [0.15, 0.2) is 30.5 Å². The summed E-state index contributed by atoms with van der Waals surface area (Å²) >= 11 is -1.43. The normalized spacial score (nSPS) is 11.8. The molecule has 0 aliphatic heterocycles. The molecule has 0 saturated carbocycles.